The van der Waals surface area contributed by atoms with Crippen molar-refractivity contribution in [2.45, 2.75) is 19.8 Å². The van der Waals surface area contributed by atoms with Gasteiger partial charge in [-0.3, -0.25) is 0 Å². The second-order valence-electron chi connectivity index (χ2n) is 4.28. The Balaban J connectivity index is 2.17. The van der Waals surface area contributed by atoms with Gasteiger partial charge in [0.25, 0.3) is 0 Å². The molecule has 108 valence electrons. The number of aromatic carboxylic acids is 1. The van der Waals surface area contributed by atoms with E-state index >= 15 is 0 Å². The fourth-order valence-corrected chi connectivity index (χ4v) is 1.37. The zero-order valence-corrected chi connectivity index (χ0v) is 11.4. The lowest BCUT2D eigenvalue weighted by Gasteiger charge is -2.08. The standard InChI is InChI=1S/C15H18O5/c1-11(2)15(18)20-10-4-3-9-19-13-7-5-12(6-8-13)14(16)17/h5-8H,1,3-4,9-10H2,2H3,(H,16,17)/p-1. The van der Waals surface area contributed by atoms with Crippen LogP contribution < -0.4 is 9.84 Å². The fourth-order valence-electron chi connectivity index (χ4n) is 1.37. The summed E-state index contributed by atoms with van der Waals surface area (Å²) in [7, 11) is 0. The molecule has 5 heteroatoms. The van der Waals surface area contributed by atoms with E-state index in [0.29, 0.717) is 31.0 Å². The van der Waals surface area contributed by atoms with Gasteiger partial charge in [-0.2, -0.15) is 0 Å². The molecule has 0 aromatic heterocycles. The highest BCUT2D eigenvalue weighted by Crippen LogP contribution is 2.12. The molecule has 0 aliphatic carbocycles. The predicted octanol–water partition coefficient (Wildman–Crippen LogP) is 1.33. The van der Waals surface area contributed by atoms with Gasteiger partial charge in [0, 0.05) is 5.57 Å². The van der Waals surface area contributed by atoms with Crippen molar-refractivity contribution in [3.8, 4) is 5.75 Å². The zero-order valence-electron chi connectivity index (χ0n) is 11.4. The average molecular weight is 277 g/mol. The maximum atomic E-state index is 11.1. The Morgan fingerprint density at radius 3 is 2.30 bits per heavy atom. The Morgan fingerprint density at radius 1 is 1.15 bits per heavy atom. The SMILES string of the molecule is C=C(C)C(=O)OCCCCOc1ccc(C(=O)[O-])cc1. The summed E-state index contributed by atoms with van der Waals surface area (Å²) in [4.78, 5) is 21.6. The minimum absolute atomic E-state index is 0.115. The van der Waals surface area contributed by atoms with Crippen LogP contribution in [0.2, 0.25) is 0 Å². The molecule has 0 spiro atoms. The first kappa shape index (κ1) is 15.8. The Morgan fingerprint density at radius 2 is 1.75 bits per heavy atom. The van der Waals surface area contributed by atoms with E-state index in [0.717, 1.165) is 6.42 Å². The van der Waals surface area contributed by atoms with Crippen LogP contribution in [0, 0.1) is 0 Å². The summed E-state index contributed by atoms with van der Waals surface area (Å²) in [5, 5.41) is 10.5. The quantitative estimate of drug-likeness (QED) is 0.407. The van der Waals surface area contributed by atoms with Crippen LogP contribution in [0.1, 0.15) is 30.1 Å². The minimum atomic E-state index is -1.21. The van der Waals surface area contributed by atoms with Crippen molar-refractivity contribution >= 4 is 11.9 Å². The van der Waals surface area contributed by atoms with Crippen molar-refractivity contribution in [1.82, 2.24) is 0 Å². The molecule has 5 nitrogen and oxygen atoms in total. The monoisotopic (exact) mass is 277 g/mol. The summed E-state index contributed by atoms with van der Waals surface area (Å²) in [6.45, 7) is 5.88. The first-order valence-corrected chi connectivity index (χ1v) is 6.27. The normalized spacial score (nSPS) is 9.85. The second-order valence-corrected chi connectivity index (χ2v) is 4.28. The number of carbonyl (C=O) groups excluding carboxylic acids is 2. The molecule has 0 amide bonds. The highest BCUT2D eigenvalue weighted by molar-refractivity contribution is 5.87. The number of hydrogen-bond donors (Lipinski definition) is 0. The van der Waals surface area contributed by atoms with Gasteiger partial charge in [0.05, 0.1) is 19.2 Å². The average Bonchev–Trinajstić information content (AvgIpc) is 2.42. The largest absolute Gasteiger partial charge is 0.545 e. The van der Waals surface area contributed by atoms with E-state index in [1.165, 1.54) is 12.1 Å². The van der Waals surface area contributed by atoms with Gasteiger partial charge in [0.1, 0.15) is 5.75 Å². The van der Waals surface area contributed by atoms with Gasteiger partial charge in [-0.15, -0.1) is 0 Å². The first-order chi connectivity index (χ1) is 9.50. The maximum Gasteiger partial charge on any atom is 0.333 e. The van der Waals surface area contributed by atoms with Gasteiger partial charge in [-0.25, -0.2) is 4.79 Å². The van der Waals surface area contributed by atoms with Crippen molar-refractivity contribution in [3.05, 3.63) is 42.0 Å². The zero-order chi connectivity index (χ0) is 15.0. The number of carbonyl (C=O) groups is 2. The van der Waals surface area contributed by atoms with E-state index in [1.54, 1.807) is 19.1 Å². The molecule has 0 saturated heterocycles. The van der Waals surface area contributed by atoms with Crippen molar-refractivity contribution in [2.75, 3.05) is 13.2 Å². The summed E-state index contributed by atoms with van der Waals surface area (Å²) in [5.41, 5.74) is 0.498. The van der Waals surface area contributed by atoms with E-state index in [1.807, 2.05) is 0 Å². The van der Waals surface area contributed by atoms with Crippen molar-refractivity contribution in [2.24, 2.45) is 0 Å². The Labute approximate surface area is 117 Å². The number of esters is 1. The van der Waals surface area contributed by atoms with Crippen LogP contribution in [0.4, 0.5) is 0 Å². The molecule has 1 aromatic rings. The van der Waals surface area contributed by atoms with E-state index < -0.39 is 5.97 Å². The molecule has 0 fully saturated rings. The lowest BCUT2D eigenvalue weighted by Crippen LogP contribution is -2.21. The molecular formula is C15H17O5-. The van der Waals surface area contributed by atoms with Crippen molar-refractivity contribution < 1.29 is 24.2 Å². The van der Waals surface area contributed by atoms with Crippen LogP contribution in [-0.2, 0) is 9.53 Å². The van der Waals surface area contributed by atoms with Crippen molar-refractivity contribution in [1.29, 1.82) is 0 Å². The Bertz CT molecular complexity index is 476. The number of ether oxygens (including phenoxy) is 2. The first-order valence-electron chi connectivity index (χ1n) is 6.27. The van der Waals surface area contributed by atoms with E-state index in [9.17, 15) is 14.7 Å². The van der Waals surface area contributed by atoms with Crippen LogP contribution in [0.5, 0.6) is 5.75 Å². The third-order valence-electron chi connectivity index (χ3n) is 2.48. The third kappa shape index (κ3) is 5.56. The number of benzene rings is 1. The number of carboxylic acids is 1. The molecule has 1 aromatic carbocycles. The molecule has 20 heavy (non-hydrogen) atoms. The number of carboxylic acid groups (broad SMARTS) is 1. The molecular weight excluding hydrogens is 260 g/mol. The van der Waals surface area contributed by atoms with Crippen LogP contribution in [-0.4, -0.2) is 25.2 Å². The summed E-state index contributed by atoms with van der Waals surface area (Å²) in [6, 6.07) is 6.01. The maximum absolute atomic E-state index is 11.1. The number of rotatable bonds is 8. The lowest BCUT2D eigenvalue weighted by molar-refractivity contribution is -0.255. The van der Waals surface area contributed by atoms with E-state index in [-0.39, 0.29) is 11.5 Å². The summed E-state index contributed by atoms with van der Waals surface area (Å²) in [6.07, 6.45) is 1.42. The highest BCUT2D eigenvalue weighted by atomic mass is 16.5. The number of hydrogen-bond acceptors (Lipinski definition) is 5. The van der Waals surface area contributed by atoms with Crippen LogP contribution in [0.3, 0.4) is 0 Å². The van der Waals surface area contributed by atoms with Gasteiger partial charge < -0.3 is 19.4 Å². The molecule has 0 radical (unpaired) electrons. The van der Waals surface area contributed by atoms with E-state index in [4.69, 9.17) is 9.47 Å². The summed E-state index contributed by atoms with van der Waals surface area (Å²) in [5.74, 6) is -1.01. The topological polar surface area (TPSA) is 75.7 Å². The van der Waals surface area contributed by atoms with Crippen LogP contribution >= 0.6 is 0 Å². The molecule has 0 saturated carbocycles. The Kier molecular flexibility index (Phi) is 6.29. The Hall–Kier alpha value is -2.30. The lowest BCUT2D eigenvalue weighted by atomic mass is 10.2. The van der Waals surface area contributed by atoms with Gasteiger partial charge in [-0.1, -0.05) is 6.58 Å². The molecule has 0 aliphatic heterocycles. The molecule has 0 unspecified atom stereocenters. The molecule has 0 bridgehead atoms. The predicted molar refractivity (Wildman–Crippen MR) is 71.3 cm³/mol. The van der Waals surface area contributed by atoms with Crippen molar-refractivity contribution in [3.63, 3.8) is 0 Å². The summed E-state index contributed by atoms with van der Waals surface area (Å²) >= 11 is 0. The van der Waals surface area contributed by atoms with Crippen LogP contribution in [0.25, 0.3) is 0 Å². The highest BCUT2D eigenvalue weighted by Gasteiger charge is 2.02. The molecule has 0 aliphatic rings. The van der Waals surface area contributed by atoms with E-state index in [2.05, 4.69) is 6.58 Å². The van der Waals surface area contributed by atoms with Gasteiger partial charge >= 0.3 is 5.97 Å². The molecule has 1 rings (SSSR count). The van der Waals surface area contributed by atoms with Gasteiger partial charge in [0.15, 0.2) is 0 Å². The van der Waals surface area contributed by atoms with Gasteiger partial charge in [0.2, 0.25) is 0 Å². The van der Waals surface area contributed by atoms with Gasteiger partial charge in [-0.05, 0) is 49.6 Å². The summed E-state index contributed by atoms with van der Waals surface area (Å²) < 4.78 is 10.4. The molecule has 0 N–H and O–H groups in total. The molecule has 0 heterocycles. The second kappa shape index (κ2) is 7.99. The number of unbranched alkanes of at least 4 members (excludes halogenated alkanes) is 1. The minimum Gasteiger partial charge on any atom is -0.545 e. The fraction of sp³-hybridized carbons (Fsp3) is 0.333. The smallest absolute Gasteiger partial charge is 0.333 e. The van der Waals surface area contributed by atoms with Crippen LogP contribution in [0.15, 0.2) is 36.4 Å². The third-order valence-corrected chi connectivity index (χ3v) is 2.48. The molecule has 0 atom stereocenters.